The van der Waals surface area contributed by atoms with Gasteiger partial charge in [0.2, 0.25) is 65.0 Å². The highest BCUT2D eigenvalue weighted by Gasteiger charge is 2.46. The van der Waals surface area contributed by atoms with Crippen molar-refractivity contribution in [1.29, 1.82) is 0 Å². The topological polar surface area (TPSA) is 346 Å². The normalized spacial score (nSPS) is 24.0. The van der Waals surface area contributed by atoms with E-state index in [1.54, 1.807) is 72.7 Å². The molecule has 11 amide bonds. The van der Waals surface area contributed by atoms with Crippen LogP contribution in [0.2, 0.25) is 0 Å². The Kier molecular flexibility index (Phi) is 36.6. The number of allylic oxidation sites excluding steroid dienone is 2. The van der Waals surface area contributed by atoms with Gasteiger partial charge in [0, 0.05) is 55.4 Å². The zero-order chi connectivity index (χ0) is 79.1. The molecule has 1 aliphatic rings. The highest BCUT2D eigenvalue weighted by atomic mass is 16.5. The van der Waals surface area contributed by atoms with Crippen molar-refractivity contribution < 1.29 is 77.6 Å². The Bertz CT molecular complexity index is 3260. The molecule has 0 radical (unpaired) electrons. The fraction of sp³-hybridized carbons (Fsp3) is 0.658. The number of hydrogen-bond acceptors (Lipinski definition) is 16. The fourth-order valence-corrected chi connectivity index (χ4v) is 12.3. The third-order valence-corrected chi connectivity index (χ3v) is 18.7. The van der Waals surface area contributed by atoms with Crippen LogP contribution in [0.3, 0.4) is 0 Å². The predicted octanol–water partition coefficient (Wildman–Crippen LogP) is 5.61. The van der Waals surface area contributed by atoms with Crippen LogP contribution < -0.4 is 26.0 Å². The molecule has 0 saturated carbocycles. The fourth-order valence-electron chi connectivity index (χ4n) is 12.3. The minimum absolute atomic E-state index is 0.0229. The second-order valence-electron chi connectivity index (χ2n) is 29.8. The number of phenolic OH excluding ortho intramolecular Hbond substituents is 2. The molecule has 12 unspecified atom stereocenters. The lowest BCUT2D eigenvalue weighted by molar-refractivity contribution is -0.157. The van der Waals surface area contributed by atoms with Crippen molar-refractivity contribution in [3.63, 3.8) is 0 Å². The van der Waals surface area contributed by atoms with Gasteiger partial charge in [-0.15, -0.1) is 0 Å². The van der Waals surface area contributed by atoms with Crippen molar-refractivity contribution in [2.45, 2.75) is 223 Å². The highest BCUT2D eigenvalue weighted by molar-refractivity contribution is 6.12. The van der Waals surface area contributed by atoms with E-state index >= 15 is 9.59 Å². The van der Waals surface area contributed by atoms with Crippen LogP contribution in [-0.4, -0.2) is 250 Å². The first-order chi connectivity index (χ1) is 47.8. The molecule has 27 heteroatoms. The number of methoxy groups -OCH3 is 1. The summed E-state index contributed by atoms with van der Waals surface area (Å²) in [6, 6.07) is -1.74. The smallest absolute Gasteiger partial charge is 0.246 e. The number of likely N-dealkylation sites (N-methyl/N-ethyl adjacent to an activating group) is 7. The van der Waals surface area contributed by atoms with E-state index in [1.807, 2.05) is 61.5 Å². The number of hydrogen-bond donors (Lipinski definition) is 7. The summed E-state index contributed by atoms with van der Waals surface area (Å²) in [6.07, 6.45) is 3.04. The molecule has 2 aromatic rings. The zero-order valence-electron chi connectivity index (χ0n) is 65.8. The number of phenols is 2. The van der Waals surface area contributed by atoms with Gasteiger partial charge in [0.05, 0.1) is 30.9 Å². The van der Waals surface area contributed by atoms with Crippen molar-refractivity contribution in [2.75, 3.05) is 63.0 Å². The SMILES string of the molecule is CC=CCC(C)C(O)C1C(=O)NC(CC)C(=O)N(C)CC(=O)N(C)C(CC(C)C)C(=O)NC(C(C)C)C(=O)N(C)C(CC(C)C)C(=O)NC(C)C(=O)NC(C)C(=O)N(C)C(CC(C)C)C(=O)N(C)C(CC(C)C)C(=O)N(C)C(C(C)C)C(=O)N1C.COc1ccc(C(=O)c2ccccc2O)c(O)c1. The summed E-state index contributed by atoms with van der Waals surface area (Å²) in [4.78, 5) is 181. The molecule has 1 heterocycles. The first-order valence-electron chi connectivity index (χ1n) is 35.9. The summed E-state index contributed by atoms with van der Waals surface area (Å²) < 4.78 is 4.94. The summed E-state index contributed by atoms with van der Waals surface area (Å²) in [5.74, 6) is -9.98. The summed E-state index contributed by atoms with van der Waals surface area (Å²) in [5.41, 5.74) is 0.273. The molecule has 103 heavy (non-hydrogen) atoms. The lowest BCUT2D eigenvalue weighted by Crippen LogP contribution is -2.63. The summed E-state index contributed by atoms with van der Waals surface area (Å²) in [6.45, 7) is 29.3. The summed E-state index contributed by atoms with van der Waals surface area (Å²) in [5, 5.41) is 42.4. The van der Waals surface area contributed by atoms with Gasteiger partial charge in [0.25, 0.3) is 0 Å². The Morgan fingerprint density at radius 3 is 1.45 bits per heavy atom. The van der Waals surface area contributed by atoms with E-state index in [0.717, 1.165) is 9.80 Å². The lowest BCUT2D eigenvalue weighted by Gasteiger charge is -2.41. The molecule has 0 aromatic heterocycles. The maximum absolute atomic E-state index is 15.1. The van der Waals surface area contributed by atoms with Gasteiger partial charge < -0.3 is 75.6 Å². The summed E-state index contributed by atoms with van der Waals surface area (Å²) >= 11 is 0. The number of aromatic hydroxyl groups is 2. The van der Waals surface area contributed by atoms with Gasteiger partial charge in [-0.1, -0.05) is 121 Å². The van der Waals surface area contributed by atoms with Crippen LogP contribution >= 0.6 is 0 Å². The number of aliphatic hydroxyl groups excluding tert-OH is 1. The second kappa shape index (κ2) is 41.6. The molecule has 3 rings (SSSR count). The van der Waals surface area contributed by atoms with Crippen molar-refractivity contribution in [1.82, 2.24) is 55.6 Å². The molecule has 1 saturated heterocycles. The van der Waals surface area contributed by atoms with E-state index in [9.17, 15) is 63.3 Å². The van der Waals surface area contributed by atoms with E-state index in [-0.39, 0.29) is 78.4 Å². The van der Waals surface area contributed by atoms with E-state index < -0.39 is 162 Å². The van der Waals surface area contributed by atoms with Crippen LogP contribution in [0.25, 0.3) is 0 Å². The van der Waals surface area contributed by atoms with Crippen LogP contribution in [0.5, 0.6) is 17.2 Å². The quantitative estimate of drug-likeness (QED) is 0.0705. The van der Waals surface area contributed by atoms with Gasteiger partial charge >= 0.3 is 0 Å². The van der Waals surface area contributed by atoms with E-state index in [1.165, 1.54) is 119 Å². The zero-order valence-corrected chi connectivity index (χ0v) is 65.8. The molecule has 2 aromatic carbocycles. The third-order valence-electron chi connectivity index (χ3n) is 18.7. The van der Waals surface area contributed by atoms with Crippen LogP contribution in [0.15, 0.2) is 54.6 Å². The van der Waals surface area contributed by atoms with Gasteiger partial charge in [-0.05, 0) is 125 Å². The third kappa shape index (κ3) is 25.4. The number of rotatable bonds is 18. The van der Waals surface area contributed by atoms with Crippen LogP contribution in [0, 0.1) is 41.4 Å². The molecule has 0 spiro atoms. The molecule has 0 aliphatic carbocycles. The van der Waals surface area contributed by atoms with Crippen molar-refractivity contribution in [3.8, 4) is 17.2 Å². The predicted molar refractivity (Wildman–Crippen MR) is 395 cm³/mol. The van der Waals surface area contributed by atoms with Crippen LogP contribution in [0.4, 0.5) is 0 Å². The Hall–Kier alpha value is -8.62. The Morgan fingerprint density at radius 2 is 0.971 bits per heavy atom. The molecule has 1 aliphatic heterocycles. The monoisotopic (exact) mass is 1450 g/mol. The maximum atomic E-state index is 15.1. The number of benzene rings is 2. The van der Waals surface area contributed by atoms with Gasteiger partial charge in [-0.25, -0.2) is 0 Å². The molecular formula is C76H123N11O16. The van der Waals surface area contributed by atoms with Crippen LogP contribution in [0.1, 0.15) is 172 Å². The maximum Gasteiger partial charge on any atom is 0.246 e. The average molecular weight is 1450 g/mol. The van der Waals surface area contributed by atoms with E-state index in [2.05, 4.69) is 21.3 Å². The Labute approximate surface area is 611 Å². The van der Waals surface area contributed by atoms with Gasteiger partial charge in [0.1, 0.15) is 77.7 Å². The van der Waals surface area contributed by atoms with Crippen molar-refractivity contribution in [3.05, 3.63) is 65.7 Å². The minimum Gasteiger partial charge on any atom is -0.507 e. The molecular weight excluding hydrogens is 1320 g/mol. The molecule has 27 nitrogen and oxygen atoms in total. The number of para-hydroxylation sites is 1. The molecule has 12 atom stereocenters. The first-order valence-corrected chi connectivity index (χ1v) is 35.9. The number of carbonyl (C=O) groups excluding carboxylic acids is 12. The Morgan fingerprint density at radius 1 is 0.515 bits per heavy atom. The first kappa shape index (κ1) is 90.5. The number of ketones is 1. The second-order valence-corrected chi connectivity index (χ2v) is 29.8. The van der Waals surface area contributed by atoms with Gasteiger partial charge in [0.15, 0.2) is 5.78 Å². The lowest BCUT2D eigenvalue weighted by atomic mass is 9.91. The summed E-state index contributed by atoms with van der Waals surface area (Å²) in [7, 11) is 11.4. The number of nitrogens with one attached hydrogen (secondary N) is 4. The van der Waals surface area contributed by atoms with E-state index in [0.29, 0.717) is 12.2 Å². The number of aliphatic hydroxyl groups is 1. The molecule has 7 N–H and O–H groups in total. The van der Waals surface area contributed by atoms with Crippen molar-refractivity contribution in [2.24, 2.45) is 41.4 Å². The standard InChI is InChI=1S/C62H111N11O12.C14H12O4/c1-25-27-28-40(15)52(75)51-56(79)65-43(26-2)58(81)67(18)33-48(74)68(19)44(29-34(3)4)55(78)66-49(38(11)12)61(84)69(20)45(30-35(5)6)54(77)63-41(16)53(76)64-42(17)57(80)70(21)46(31-36(7)8)59(82)71(22)47(32-37(9)10)60(83)72(23)50(39(13)14)62(85)73(51)24;1-18-9-6-7-11(13(16)8-9)14(17)10-4-2-3-5-12(10)15/h25,27,34-47,49-52,75H,26,28-33H2,1-24H3,(H,63,77)(H,64,76)(H,65,79)(H,66,78);2-8,15-16H,1H3. The number of nitrogens with zero attached hydrogens (tertiary/aromatic N) is 7. The average Bonchev–Trinajstić information content (AvgIpc) is 0.809. The molecule has 578 valence electrons. The highest BCUT2D eigenvalue weighted by Crippen LogP contribution is 2.30. The van der Waals surface area contributed by atoms with Gasteiger partial charge in [-0.3, -0.25) is 57.5 Å². The largest absolute Gasteiger partial charge is 0.507 e. The Balaban J connectivity index is 0.00000171. The molecule has 0 bridgehead atoms. The minimum atomic E-state index is -1.61. The van der Waals surface area contributed by atoms with E-state index in [4.69, 9.17) is 4.74 Å². The number of ether oxygens (including phenoxy) is 1. The van der Waals surface area contributed by atoms with Crippen LogP contribution in [-0.2, 0) is 52.7 Å². The molecule has 1 fully saturated rings. The van der Waals surface area contributed by atoms with Crippen molar-refractivity contribution >= 4 is 70.8 Å². The number of amides is 11. The number of carbonyl (C=O) groups is 12. The van der Waals surface area contributed by atoms with Gasteiger partial charge in [-0.2, -0.15) is 0 Å².